The Bertz CT molecular complexity index is 644. The Morgan fingerprint density at radius 1 is 1.26 bits per heavy atom. The van der Waals surface area contributed by atoms with E-state index in [4.69, 9.17) is 0 Å². The fourth-order valence-electron chi connectivity index (χ4n) is 5.70. The quantitative estimate of drug-likeness (QED) is 0.730. The molecule has 4 aliphatic rings. The molecular formula is C19H24O4. The number of aliphatic hydroxyl groups excluding tert-OH is 1. The van der Waals surface area contributed by atoms with Crippen molar-refractivity contribution in [3.8, 4) is 0 Å². The van der Waals surface area contributed by atoms with Crippen LogP contribution < -0.4 is 0 Å². The van der Waals surface area contributed by atoms with Gasteiger partial charge in [0, 0.05) is 17.8 Å². The van der Waals surface area contributed by atoms with Crippen LogP contribution in [0.15, 0.2) is 22.8 Å². The predicted molar refractivity (Wildman–Crippen MR) is 84.7 cm³/mol. The van der Waals surface area contributed by atoms with Crippen molar-refractivity contribution in [1.29, 1.82) is 0 Å². The highest BCUT2D eigenvalue weighted by Gasteiger charge is 2.54. The van der Waals surface area contributed by atoms with Crippen molar-refractivity contribution in [2.75, 3.05) is 0 Å². The molecule has 1 saturated carbocycles. The van der Waals surface area contributed by atoms with Crippen molar-refractivity contribution in [2.24, 2.45) is 23.2 Å². The van der Waals surface area contributed by atoms with Crippen LogP contribution in [0.1, 0.15) is 51.9 Å². The first-order valence-corrected chi connectivity index (χ1v) is 8.79. The molecule has 124 valence electrons. The molecule has 0 aromatic rings. The van der Waals surface area contributed by atoms with Gasteiger partial charge in [-0.25, -0.2) is 0 Å². The Kier molecular flexibility index (Phi) is 3.31. The maximum Gasteiger partial charge on any atom is 0.310 e. The second kappa shape index (κ2) is 5.04. The summed E-state index contributed by atoms with van der Waals surface area (Å²) in [6, 6.07) is 0. The van der Waals surface area contributed by atoms with Crippen molar-refractivity contribution in [3.63, 3.8) is 0 Å². The van der Waals surface area contributed by atoms with Gasteiger partial charge in [0.15, 0.2) is 5.78 Å². The SMILES string of the molecule is C[C@]12CCC3=C([C@H](C(=O)O)CC4=CC(=O)CC[C@@H]43)[C@H]1CC[C@@H]2O. The molecule has 0 bridgehead atoms. The van der Waals surface area contributed by atoms with E-state index in [1.54, 1.807) is 6.08 Å². The van der Waals surface area contributed by atoms with E-state index < -0.39 is 11.9 Å². The molecule has 0 aromatic carbocycles. The lowest BCUT2D eigenvalue weighted by Gasteiger charge is -2.48. The van der Waals surface area contributed by atoms with E-state index in [9.17, 15) is 19.8 Å². The molecule has 4 aliphatic carbocycles. The summed E-state index contributed by atoms with van der Waals surface area (Å²) in [7, 11) is 0. The summed E-state index contributed by atoms with van der Waals surface area (Å²) in [6.45, 7) is 2.13. The number of aliphatic hydroxyl groups is 1. The third-order valence-electron chi connectivity index (χ3n) is 6.97. The highest BCUT2D eigenvalue weighted by Crippen LogP contribution is 2.60. The average Bonchev–Trinajstić information content (AvgIpc) is 2.81. The number of hydrogen-bond acceptors (Lipinski definition) is 3. The molecule has 4 heteroatoms. The van der Waals surface area contributed by atoms with E-state index in [1.165, 1.54) is 5.57 Å². The number of carboxylic acid groups (broad SMARTS) is 1. The molecule has 0 aliphatic heterocycles. The van der Waals surface area contributed by atoms with Gasteiger partial charge in [0.05, 0.1) is 12.0 Å². The predicted octanol–water partition coefficient (Wildman–Crippen LogP) is 2.86. The third kappa shape index (κ3) is 2.07. The van der Waals surface area contributed by atoms with Crippen LogP contribution in [0, 0.1) is 23.2 Å². The largest absolute Gasteiger partial charge is 0.481 e. The van der Waals surface area contributed by atoms with Gasteiger partial charge in [-0.1, -0.05) is 23.6 Å². The lowest BCUT2D eigenvalue weighted by molar-refractivity contribution is -0.141. The zero-order valence-corrected chi connectivity index (χ0v) is 13.5. The lowest BCUT2D eigenvalue weighted by Crippen LogP contribution is -2.42. The molecule has 1 fully saturated rings. The van der Waals surface area contributed by atoms with Crippen molar-refractivity contribution in [3.05, 3.63) is 22.8 Å². The molecule has 5 atom stereocenters. The van der Waals surface area contributed by atoms with Gasteiger partial charge in [-0.3, -0.25) is 9.59 Å². The Labute approximate surface area is 136 Å². The minimum absolute atomic E-state index is 0.140. The number of carboxylic acids is 1. The summed E-state index contributed by atoms with van der Waals surface area (Å²) in [5.41, 5.74) is 3.27. The van der Waals surface area contributed by atoms with Gasteiger partial charge in [0.25, 0.3) is 0 Å². The van der Waals surface area contributed by atoms with E-state index in [0.29, 0.717) is 12.8 Å². The molecule has 0 heterocycles. The van der Waals surface area contributed by atoms with Crippen LogP contribution in [0.5, 0.6) is 0 Å². The van der Waals surface area contributed by atoms with Crippen molar-refractivity contribution in [2.45, 2.75) is 58.0 Å². The van der Waals surface area contributed by atoms with Gasteiger partial charge >= 0.3 is 5.97 Å². The molecule has 4 nitrogen and oxygen atoms in total. The van der Waals surface area contributed by atoms with Gasteiger partial charge in [0.1, 0.15) is 0 Å². The van der Waals surface area contributed by atoms with E-state index in [2.05, 4.69) is 6.92 Å². The summed E-state index contributed by atoms with van der Waals surface area (Å²) < 4.78 is 0. The minimum atomic E-state index is -0.777. The summed E-state index contributed by atoms with van der Waals surface area (Å²) in [4.78, 5) is 23.7. The molecule has 0 saturated heterocycles. The van der Waals surface area contributed by atoms with Crippen LogP contribution >= 0.6 is 0 Å². The summed E-state index contributed by atoms with van der Waals surface area (Å²) in [6.07, 6.45) is 6.76. The fourth-order valence-corrected chi connectivity index (χ4v) is 5.70. The first-order valence-electron chi connectivity index (χ1n) is 8.79. The van der Waals surface area contributed by atoms with E-state index >= 15 is 0 Å². The number of carbonyl (C=O) groups is 2. The average molecular weight is 316 g/mol. The van der Waals surface area contributed by atoms with Gasteiger partial charge in [0.2, 0.25) is 0 Å². The first-order chi connectivity index (χ1) is 10.9. The zero-order chi connectivity index (χ0) is 16.4. The second-order valence-electron chi connectivity index (χ2n) is 8.00. The molecule has 4 rings (SSSR count). The zero-order valence-electron chi connectivity index (χ0n) is 13.5. The van der Waals surface area contributed by atoms with Crippen LogP contribution in [0.3, 0.4) is 0 Å². The minimum Gasteiger partial charge on any atom is -0.481 e. The van der Waals surface area contributed by atoms with Crippen molar-refractivity contribution >= 4 is 11.8 Å². The van der Waals surface area contributed by atoms with Crippen molar-refractivity contribution < 1.29 is 19.8 Å². The van der Waals surface area contributed by atoms with Crippen LogP contribution in [-0.4, -0.2) is 28.1 Å². The van der Waals surface area contributed by atoms with E-state index in [1.807, 2.05) is 0 Å². The summed E-state index contributed by atoms with van der Waals surface area (Å²) in [5.74, 6) is -0.669. The van der Waals surface area contributed by atoms with Gasteiger partial charge < -0.3 is 10.2 Å². The first kappa shape index (κ1) is 15.1. The Hall–Kier alpha value is -1.42. The highest BCUT2D eigenvalue weighted by atomic mass is 16.4. The Morgan fingerprint density at radius 2 is 2.04 bits per heavy atom. The molecule has 0 unspecified atom stereocenters. The van der Waals surface area contributed by atoms with Gasteiger partial charge in [-0.05, 0) is 50.5 Å². The van der Waals surface area contributed by atoms with Crippen LogP contribution in [0.4, 0.5) is 0 Å². The fraction of sp³-hybridized carbons (Fsp3) is 0.684. The molecule has 23 heavy (non-hydrogen) atoms. The normalized spacial score (nSPS) is 42.7. The Balaban J connectivity index is 1.84. The molecule has 2 N–H and O–H groups in total. The van der Waals surface area contributed by atoms with Crippen LogP contribution in [0.2, 0.25) is 0 Å². The van der Waals surface area contributed by atoms with Crippen molar-refractivity contribution in [1.82, 2.24) is 0 Å². The monoisotopic (exact) mass is 316 g/mol. The lowest BCUT2D eigenvalue weighted by atomic mass is 9.56. The number of rotatable bonds is 1. The second-order valence-corrected chi connectivity index (χ2v) is 8.00. The summed E-state index contributed by atoms with van der Waals surface area (Å²) >= 11 is 0. The molecule has 0 radical (unpaired) electrons. The molecule has 0 amide bonds. The summed E-state index contributed by atoms with van der Waals surface area (Å²) in [5, 5.41) is 20.2. The maximum absolute atomic E-state index is 11.9. The third-order valence-corrected chi connectivity index (χ3v) is 6.97. The number of hydrogen-bond donors (Lipinski definition) is 2. The van der Waals surface area contributed by atoms with E-state index in [-0.39, 0.29) is 29.1 Å². The van der Waals surface area contributed by atoms with Gasteiger partial charge in [-0.15, -0.1) is 0 Å². The van der Waals surface area contributed by atoms with Crippen LogP contribution in [0.25, 0.3) is 0 Å². The number of fused-ring (bicyclic) bond motifs is 4. The molecule has 0 spiro atoms. The number of carbonyl (C=O) groups excluding carboxylic acids is 1. The standard InChI is InChI=1S/C19H24O4/c1-19-7-6-13-12-3-2-11(20)8-10(12)9-14(18(22)23)17(13)15(19)4-5-16(19)21/h8,12,14-16,21H,2-7,9H2,1H3,(H,22,23)/t12-,14+,15+,16-,19-/m0/s1. The maximum atomic E-state index is 11.9. The molecule has 0 aromatic heterocycles. The topological polar surface area (TPSA) is 74.6 Å². The number of aliphatic carboxylic acids is 1. The van der Waals surface area contributed by atoms with E-state index in [0.717, 1.165) is 43.3 Å². The number of allylic oxidation sites excluding steroid dienone is 3. The Morgan fingerprint density at radius 3 is 2.78 bits per heavy atom. The highest BCUT2D eigenvalue weighted by molar-refractivity contribution is 5.92. The smallest absolute Gasteiger partial charge is 0.310 e. The van der Waals surface area contributed by atoms with Crippen LogP contribution in [-0.2, 0) is 9.59 Å². The number of ketones is 1. The van der Waals surface area contributed by atoms with Gasteiger partial charge in [-0.2, -0.15) is 0 Å². The molecular weight excluding hydrogens is 292 g/mol.